The van der Waals surface area contributed by atoms with E-state index in [9.17, 15) is 9.59 Å². The lowest BCUT2D eigenvalue weighted by molar-refractivity contribution is -0.122. The molecule has 2 aromatic rings. The quantitative estimate of drug-likeness (QED) is 0.938. The van der Waals surface area contributed by atoms with Crippen LogP contribution in [0.15, 0.2) is 48.8 Å². The molecule has 2 heterocycles. The Labute approximate surface area is 134 Å². The van der Waals surface area contributed by atoms with Crippen molar-refractivity contribution >= 4 is 23.2 Å². The molecule has 0 aliphatic carbocycles. The molecule has 6 nitrogen and oxygen atoms in total. The van der Waals surface area contributed by atoms with Crippen LogP contribution in [0.5, 0.6) is 5.75 Å². The van der Waals surface area contributed by atoms with Gasteiger partial charge in [-0.25, -0.2) is 0 Å². The standard InChI is InChI=1S/C17H17N3O3/c1-23-15-7-3-2-6-14(15)20-11-12(9-16(20)21)17(22)19-13-5-4-8-18-10-13/h2-8,10,12H,9,11H2,1H3,(H,19,22)/t12-/m1/s1. The lowest BCUT2D eigenvalue weighted by atomic mass is 10.1. The lowest BCUT2D eigenvalue weighted by Crippen LogP contribution is -2.28. The number of nitrogens with one attached hydrogen (secondary N) is 1. The van der Waals surface area contributed by atoms with Crippen molar-refractivity contribution in [1.29, 1.82) is 0 Å². The van der Waals surface area contributed by atoms with Crippen LogP contribution >= 0.6 is 0 Å². The van der Waals surface area contributed by atoms with Crippen molar-refractivity contribution in [1.82, 2.24) is 4.98 Å². The Morgan fingerprint density at radius 1 is 1.30 bits per heavy atom. The molecule has 1 aromatic heterocycles. The molecule has 2 amide bonds. The molecule has 1 aliphatic rings. The fourth-order valence-electron chi connectivity index (χ4n) is 2.65. The summed E-state index contributed by atoms with van der Waals surface area (Å²) in [5, 5.41) is 2.79. The molecular formula is C17H17N3O3. The molecule has 3 rings (SSSR count). The Kier molecular flexibility index (Phi) is 4.23. The third-order valence-corrected chi connectivity index (χ3v) is 3.80. The van der Waals surface area contributed by atoms with Crippen LogP contribution in [0.1, 0.15) is 6.42 Å². The monoisotopic (exact) mass is 311 g/mol. The highest BCUT2D eigenvalue weighted by Gasteiger charge is 2.36. The summed E-state index contributed by atoms with van der Waals surface area (Å²) in [6.45, 7) is 0.339. The summed E-state index contributed by atoms with van der Waals surface area (Å²) in [6, 6.07) is 10.8. The number of pyridine rings is 1. The van der Waals surface area contributed by atoms with E-state index in [2.05, 4.69) is 10.3 Å². The SMILES string of the molecule is COc1ccccc1N1C[C@H](C(=O)Nc2cccnc2)CC1=O. The van der Waals surface area contributed by atoms with Crippen LogP contribution in [0.4, 0.5) is 11.4 Å². The number of hydrogen-bond acceptors (Lipinski definition) is 4. The van der Waals surface area contributed by atoms with Gasteiger partial charge in [0.25, 0.3) is 0 Å². The molecule has 0 unspecified atom stereocenters. The molecule has 1 atom stereocenters. The topological polar surface area (TPSA) is 71.5 Å². The van der Waals surface area contributed by atoms with Crippen molar-refractivity contribution < 1.29 is 14.3 Å². The first-order valence-corrected chi connectivity index (χ1v) is 7.33. The second-order valence-electron chi connectivity index (χ2n) is 5.31. The molecule has 1 aromatic carbocycles. The molecule has 118 valence electrons. The summed E-state index contributed by atoms with van der Waals surface area (Å²) in [5.74, 6) is -0.0358. The van der Waals surface area contributed by atoms with Gasteiger partial charge in [0.1, 0.15) is 5.75 Å². The highest BCUT2D eigenvalue weighted by Crippen LogP contribution is 2.33. The molecule has 0 bridgehead atoms. The Morgan fingerprint density at radius 3 is 2.87 bits per heavy atom. The molecular weight excluding hydrogens is 294 g/mol. The fourth-order valence-corrected chi connectivity index (χ4v) is 2.65. The average Bonchev–Trinajstić information content (AvgIpc) is 2.97. The van der Waals surface area contributed by atoms with Crippen LogP contribution in [0, 0.1) is 5.92 Å². The van der Waals surface area contributed by atoms with E-state index in [1.807, 2.05) is 18.2 Å². The van der Waals surface area contributed by atoms with Gasteiger partial charge < -0.3 is 15.0 Å². The second-order valence-corrected chi connectivity index (χ2v) is 5.31. The number of anilines is 2. The fraction of sp³-hybridized carbons (Fsp3) is 0.235. The number of para-hydroxylation sites is 2. The maximum Gasteiger partial charge on any atom is 0.229 e. The van der Waals surface area contributed by atoms with E-state index in [0.29, 0.717) is 23.7 Å². The van der Waals surface area contributed by atoms with Gasteiger partial charge in [0.05, 0.1) is 30.6 Å². The molecule has 1 saturated heterocycles. The largest absolute Gasteiger partial charge is 0.495 e. The third-order valence-electron chi connectivity index (χ3n) is 3.80. The van der Waals surface area contributed by atoms with Crippen LogP contribution in [0.25, 0.3) is 0 Å². The summed E-state index contributed by atoms with van der Waals surface area (Å²) in [6.07, 6.45) is 3.40. The molecule has 1 aliphatic heterocycles. The van der Waals surface area contributed by atoms with E-state index in [1.54, 1.807) is 42.6 Å². The van der Waals surface area contributed by atoms with Crippen molar-refractivity contribution in [2.45, 2.75) is 6.42 Å². The smallest absolute Gasteiger partial charge is 0.229 e. The van der Waals surface area contributed by atoms with E-state index in [-0.39, 0.29) is 18.2 Å². The minimum Gasteiger partial charge on any atom is -0.495 e. The number of amides is 2. The summed E-state index contributed by atoms with van der Waals surface area (Å²) in [7, 11) is 1.56. The van der Waals surface area contributed by atoms with E-state index in [1.165, 1.54) is 0 Å². The van der Waals surface area contributed by atoms with E-state index in [0.717, 1.165) is 0 Å². The minimum atomic E-state index is -0.396. The Bertz CT molecular complexity index is 718. The molecule has 1 N–H and O–H groups in total. The van der Waals surface area contributed by atoms with Crippen molar-refractivity contribution in [2.75, 3.05) is 23.9 Å². The van der Waals surface area contributed by atoms with Gasteiger partial charge in [0, 0.05) is 19.2 Å². The van der Waals surface area contributed by atoms with Crippen LogP contribution in [-0.2, 0) is 9.59 Å². The predicted molar refractivity (Wildman–Crippen MR) is 86.3 cm³/mol. The van der Waals surface area contributed by atoms with Crippen molar-refractivity contribution in [3.8, 4) is 5.75 Å². The predicted octanol–water partition coefficient (Wildman–Crippen LogP) is 2.08. The molecule has 0 spiro atoms. The van der Waals surface area contributed by atoms with Gasteiger partial charge in [-0.1, -0.05) is 12.1 Å². The van der Waals surface area contributed by atoms with Gasteiger partial charge in [0.15, 0.2) is 0 Å². The molecule has 0 saturated carbocycles. The van der Waals surface area contributed by atoms with Crippen molar-refractivity contribution in [3.63, 3.8) is 0 Å². The summed E-state index contributed by atoms with van der Waals surface area (Å²) < 4.78 is 5.29. The Morgan fingerprint density at radius 2 is 2.13 bits per heavy atom. The van der Waals surface area contributed by atoms with Gasteiger partial charge >= 0.3 is 0 Å². The van der Waals surface area contributed by atoms with Crippen molar-refractivity contribution in [2.24, 2.45) is 5.92 Å². The van der Waals surface area contributed by atoms with Crippen molar-refractivity contribution in [3.05, 3.63) is 48.8 Å². The van der Waals surface area contributed by atoms with Gasteiger partial charge in [-0.3, -0.25) is 14.6 Å². The first-order chi connectivity index (χ1) is 11.2. The number of rotatable bonds is 4. The number of benzene rings is 1. The first-order valence-electron chi connectivity index (χ1n) is 7.33. The zero-order chi connectivity index (χ0) is 16.2. The first kappa shape index (κ1) is 15.0. The number of hydrogen-bond donors (Lipinski definition) is 1. The third kappa shape index (κ3) is 3.15. The van der Waals surface area contributed by atoms with E-state index >= 15 is 0 Å². The summed E-state index contributed by atoms with van der Waals surface area (Å²) in [5.41, 5.74) is 1.32. The Hall–Kier alpha value is -2.89. The molecule has 6 heteroatoms. The zero-order valence-electron chi connectivity index (χ0n) is 12.7. The average molecular weight is 311 g/mol. The second kappa shape index (κ2) is 6.48. The molecule has 0 radical (unpaired) electrons. The van der Waals surface area contributed by atoms with E-state index < -0.39 is 5.92 Å². The maximum atomic E-state index is 12.3. The molecule has 23 heavy (non-hydrogen) atoms. The number of ether oxygens (including phenoxy) is 1. The highest BCUT2D eigenvalue weighted by atomic mass is 16.5. The van der Waals surface area contributed by atoms with Crippen LogP contribution in [0.3, 0.4) is 0 Å². The van der Waals surface area contributed by atoms with Gasteiger partial charge in [0.2, 0.25) is 11.8 Å². The normalized spacial score (nSPS) is 17.2. The number of carbonyl (C=O) groups is 2. The molecule has 1 fully saturated rings. The number of aromatic nitrogens is 1. The van der Waals surface area contributed by atoms with Crippen LogP contribution < -0.4 is 15.0 Å². The van der Waals surface area contributed by atoms with Gasteiger partial charge in [-0.05, 0) is 24.3 Å². The number of carbonyl (C=O) groups excluding carboxylic acids is 2. The van der Waals surface area contributed by atoms with Crippen LogP contribution in [0.2, 0.25) is 0 Å². The lowest BCUT2D eigenvalue weighted by Gasteiger charge is -2.19. The van der Waals surface area contributed by atoms with Gasteiger partial charge in [-0.15, -0.1) is 0 Å². The summed E-state index contributed by atoms with van der Waals surface area (Å²) >= 11 is 0. The number of methoxy groups -OCH3 is 1. The highest BCUT2D eigenvalue weighted by molar-refractivity contribution is 6.04. The Balaban J connectivity index is 1.73. The van der Waals surface area contributed by atoms with Crippen LogP contribution in [-0.4, -0.2) is 30.5 Å². The zero-order valence-corrected chi connectivity index (χ0v) is 12.7. The van der Waals surface area contributed by atoms with Gasteiger partial charge in [-0.2, -0.15) is 0 Å². The minimum absolute atomic E-state index is 0.0826. The number of nitrogens with zero attached hydrogens (tertiary/aromatic N) is 2. The van der Waals surface area contributed by atoms with E-state index in [4.69, 9.17) is 4.74 Å². The summed E-state index contributed by atoms with van der Waals surface area (Å²) in [4.78, 5) is 30.2. The maximum absolute atomic E-state index is 12.3.